The van der Waals surface area contributed by atoms with E-state index in [-0.39, 0.29) is 18.7 Å². The Morgan fingerprint density at radius 2 is 1.91 bits per heavy atom. The van der Waals surface area contributed by atoms with Gasteiger partial charge in [-0.25, -0.2) is 4.79 Å². The van der Waals surface area contributed by atoms with Crippen LogP contribution in [0.1, 0.15) is 30.9 Å². The molecular weight excluding hydrogens is 322 g/mol. The molecule has 2 rings (SSSR count). The molecule has 1 saturated heterocycles. The van der Waals surface area contributed by atoms with Crippen LogP contribution in [-0.4, -0.2) is 43.0 Å². The summed E-state index contributed by atoms with van der Waals surface area (Å²) in [6.45, 7) is 0. The molecule has 124 valence electrons. The van der Waals surface area contributed by atoms with Crippen molar-refractivity contribution >= 4 is 29.4 Å². The summed E-state index contributed by atoms with van der Waals surface area (Å²) >= 11 is 5.89. The predicted molar refractivity (Wildman–Crippen MR) is 82.7 cm³/mol. The Balaban J connectivity index is 2.38. The van der Waals surface area contributed by atoms with Gasteiger partial charge in [0, 0.05) is 11.4 Å². The van der Waals surface area contributed by atoms with Crippen molar-refractivity contribution in [2.45, 2.75) is 31.3 Å². The third-order valence-electron chi connectivity index (χ3n) is 3.91. The zero-order valence-corrected chi connectivity index (χ0v) is 13.7. The van der Waals surface area contributed by atoms with Crippen molar-refractivity contribution in [3.05, 3.63) is 34.9 Å². The van der Waals surface area contributed by atoms with Gasteiger partial charge < -0.3 is 14.4 Å². The van der Waals surface area contributed by atoms with Crippen LogP contribution in [0.2, 0.25) is 5.02 Å². The first-order valence-electron chi connectivity index (χ1n) is 7.19. The molecule has 1 fully saturated rings. The molecule has 1 heterocycles. The molecule has 6 nitrogen and oxygen atoms in total. The molecule has 1 aromatic rings. The second-order valence-electron chi connectivity index (χ2n) is 5.23. The Bertz CT molecular complexity index is 601. The van der Waals surface area contributed by atoms with Crippen LogP contribution in [0.25, 0.3) is 0 Å². The van der Waals surface area contributed by atoms with Crippen LogP contribution in [0.5, 0.6) is 0 Å². The number of nitrogens with zero attached hydrogens (tertiary/aromatic N) is 1. The summed E-state index contributed by atoms with van der Waals surface area (Å²) in [6, 6.07) is 5.52. The lowest BCUT2D eigenvalue weighted by molar-refractivity contribution is -0.153. The molecule has 0 aliphatic carbocycles. The normalized spacial score (nSPS) is 18.7. The number of carbonyl (C=O) groups excluding carboxylic acids is 3. The van der Waals surface area contributed by atoms with Crippen LogP contribution in [0, 0.1) is 0 Å². The topological polar surface area (TPSA) is 72.9 Å². The molecule has 0 aromatic heterocycles. The van der Waals surface area contributed by atoms with E-state index in [1.165, 1.54) is 19.1 Å². The summed E-state index contributed by atoms with van der Waals surface area (Å²) in [5, 5.41) is 0.544. The molecule has 0 saturated carbocycles. The van der Waals surface area contributed by atoms with E-state index >= 15 is 0 Å². The standard InChI is InChI=1S/C16H18ClNO5/c1-22-15(20)9-13(10-3-5-11(17)6-4-10)18-12(16(21)23-2)7-8-14(18)19/h3-6,12-13H,7-9H2,1-2H3. The van der Waals surface area contributed by atoms with Crippen molar-refractivity contribution < 1.29 is 23.9 Å². The summed E-state index contributed by atoms with van der Waals surface area (Å²) in [4.78, 5) is 37.5. The van der Waals surface area contributed by atoms with Gasteiger partial charge >= 0.3 is 11.9 Å². The van der Waals surface area contributed by atoms with Gasteiger partial charge in [-0.05, 0) is 24.1 Å². The number of benzene rings is 1. The maximum Gasteiger partial charge on any atom is 0.328 e. The average molecular weight is 340 g/mol. The SMILES string of the molecule is COC(=O)CC(c1ccc(Cl)cc1)N1C(=O)CCC1C(=O)OC. The number of likely N-dealkylation sites (tertiary alicyclic amines) is 1. The first kappa shape index (κ1) is 17.3. The first-order chi connectivity index (χ1) is 11.0. The molecule has 2 atom stereocenters. The number of amides is 1. The third kappa shape index (κ3) is 3.82. The van der Waals surface area contributed by atoms with Crippen molar-refractivity contribution in [3.63, 3.8) is 0 Å². The number of carbonyl (C=O) groups is 3. The zero-order chi connectivity index (χ0) is 17.0. The quantitative estimate of drug-likeness (QED) is 0.768. The minimum atomic E-state index is -0.696. The lowest BCUT2D eigenvalue weighted by Crippen LogP contribution is -2.42. The van der Waals surface area contributed by atoms with Gasteiger partial charge in [-0.2, -0.15) is 0 Å². The first-order valence-corrected chi connectivity index (χ1v) is 7.57. The van der Waals surface area contributed by atoms with Gasteiger partial charge in [-0.1, -0.05) is 23.7 Å². The minimum absolute atomic E-state index is 0.0443. The number of rotatable bonds is 5. The van der Waals surface area contributed by atoms with Crippen LogP contribution in [0.4, 0.5) is 0 Å². The molecule has 0 bridgehead atoms. The summed E-state index contributed by atoms with van der Waals surface area (Å²) < 4.78 is 9.50. The maximum absolute atomic E-state index is 12.3. The summed E-state index contributed by atoms with van der Waals surface area (Å²) in [6.07, 6.45) is 0.569. The largest absolute Gasteiger partial charge is 0.469 e. The third-order valence-corrected chi connectivity index (χ3v) is 4.16. The Morgan fingerprint density at radius 3 is 2.48 bits per heavy atom. The highest BCUT2D eigenvalue weighted by Gasteiger charge is 2.42. The second kappa shape index (κ2) is 7.46. The average Bonchev–Trinajstić information content (AvgIpc) is 2.94. The van der Waals surface area contributed by atoms with E-state index in [4.69, 9.17) is 21.1 Å². The van der Waals surface area contributed by atoms with Crippen LogP contribution in [0.3, 0.4) is 0 Å². The number of halogens is 1. The van der Waals surface area contributed by atoms with E-state index in [2.05, 4.69) is 0 Å². The van der Waals surface area contributed by atoms with Crippen molar-refractivity contribution in [3.8, 4) is 0 Å². The molecule has 0 N–H and O–H groups in total. The van der Waals surface area contributed by atoms with Gasteiger partial charge in [-0.3, -0.25) is 9.59 Å². The highest BCUT2D eigenvalue weighted by Crippen LogP contribution is 2.34. The van der Waals surface area contributed by atoms with Crippen LogP contribution >= 0.6 is 11.6 Å². The van der Waals surface area contributed by atoms with Gasteiger partial charge in [0.1, 0.15) is 6.04 Å². The fourth-order valence-corrected chi connectivity index (χ4v) is 2.89. The van der Waals surface area contributed by atoms with E-state index in [0.717, 1.165) is 0 Å². The molecular formula is C16H18ClNO5. The lowest BCUT2D eigenvalue weighted by atomic mass is 10.0. The van der Waals surface area contributed by atoms with Gasteiger partial charge in [0.15, 0.2) is 0 Å². The molecule has 7 heteroatoms. The monoisotopic (exact) mass is 339 g/mol. The number of esters is 2. The van der Waals surface area contributed by atoms with Gasteiger partial charge in [0.25, 0.3) is 0 Å². The summed E-state index contributed by atoms with van der Waals surface area (Å²) in [7, 11) is 2.56. The molecule has 2 unspecified atom stereocenters. The van der Waals surface area contributed by atoms with Crippen LogP contribution < -0.4 is 0 Å². The van der Waals surface area contributed by atoms with Gasteiger partial charge in [0.2, 0.25) is 5.91 Å². The second-order valence-corrected chi connectivity index (χ2v) is 5.66. The smallest absolute Gasteiger partial charge is 0.328 e. The molecule has 23 heavy (non-hydrogen) atoms. The molecule has 1 aromatic carbocycles. The molecule has 1 aliphatic heterocycles. The Hall–Kier alpha value is -2.08. The van der Waals surface area contributed by atoms with E-state index < -0.39 is 24.0 Å². The van der Waals surface area contributed by atoms with Crippen molar-refractivity contribution in [1.29, 1.82) is 0 Å². The zero-order valence-electron chi connectivity index (χ0n) is 13.0. The van der Waals surface area contributed by atoms with Gasteiger partial charge in [0.05, 0.1) is 26.7 Å². The molecule has 0 spiro atoms. The fourth-order valence-electron chi connectivity index (χ4n) is 2.76. The Kier molecular flexibility index (Phi) is 5.60. The summed E-state index contributed by atoms with van der Waals surface area (Å²) in [5.74, 6) is -1.14. The van der Waals surface area contributed by atoms with E-state index in [0.29, 0.717) is 17.0 Å². The lowest BCUT2D eigenvalue weighted by Gasteiger charge is -2.31. The maximum atomic E-state index is 12.3. The molecule has 0 radical (unpaired) electrons. The van der Waals surface area contributed by atoms with Crippen LogP contribution in [0.15, 0.2) is 24.3 Å². The Morgan fingerprint density at radius 1 is 1.26 bits per heavy atom. The fraction of sp³-hybridized carbons (Fsp3) is 0.438. The summed E-state index contributed by atoms with van der Waals surface area (Å²) in [5.41, 5.74) is 0.712. The number of ether oxygens (including phenoxy) is 2. The van der Waals surface area contributed by atoms with E-state index in [1.54, 1.807) is 24.3 Å². The molecule has 1 amide bonds. The Labute approximate surface area is 139 Å². The molecule has 1 aliphatic rings. The minimum Gasteiger partial charge on any atom is -0.469 e. The number of hydrogen-bond acceptors (Lipinski definition) is 5. The number of methoxy groups -OCH3 is 2. The number of hydrogen-bond donors (Lipinski definition) is 0. The van der Waals surface area contributed by atoms with E-state index in [1.807, 2.05) is 0 Å². The highest BCUT2D eigenvalue weighted by molar-refractivity contribution is 6.30. The van der Waals surface area contributed by atoms with Crippen molar-refractivity contribution in [2.75, 3.05) is 14.2 Å². The predicted octanol–water partition coefficient (Wildman–Crippen LogP) is 2.11. The van der Waals surface area contributed by atoms with Crippen molar-refractivity contribution in [2.24, 2.45) is 0 Å². The highest BCUT2D eigenvalue weighted by atomic mass is 35.5. The van der Waals surface area contributed by atoms with Crippen molar-refractivity contribution in [1.82, 2.24) is 4.90 Å². The van der Waals surface area contributed by atoms with Crippen LogP contribution in [-0.2, 0) is 23.9 Å². The van der Waals surface area contributed by atoms with E-state index in [9.17, 15) is 14.4 Å². The van der Waals surface area contributed by atoms with Gasteiger partial charge in [-0.15, -0.1) is 0 Å².